The summed E-state index contributed by atoms with van der Waals surface area (Å²) in [5.41, 5.74) is 16.0. The van der Waals surface area contributed by atoms with Crippen LogP contribution in [0.25, 0.3) is 0 Å². The zero-order chi connectivity index (χ0) is 21.0. The van der Waals surface area contributed by atoms with E-state index in [9.17, 15) is 0 Å². The van der Waals surface area contributed by atoms with Crippen LogP contribution in [0.3, 0.4) is 0 Å². The summed E-state index contributed by atoms with van der Waals surface area (Å²) in [6, 6.07) is 14.5. The van der Waals surface area contributed by atoms with Gasteiger partial charge in [-0.2, -0.15) is 0 Å². The van der Waals surface area contributed by atoms with Crippen molar-refractivity contribution in [1.29, 1.82) is 10.8 Å². The molecular formula is C22H24N6O. The molecule has 0 aliphatic rings. The fourth-order valence-electron chi connectivity index (χ4n) is 2.89. The van der Waals surface area contributed by atoms with Gasteiger partial charge in [0.15, 0.2) is 5.75 Å². The van der Waals surface area contributed by atoms with Gasteiger partial charge in [-0.1, -0.05) is 12.1 Å². The average Bonchev–Trinajstić information content (AvgIpc) is 2.71. The van der Waals surface area contributed by atoms with Gasteiger partial charge in [0.1, 0.15) is 17.4 Å². The van der Waals surface area contributed by atoms with Gasteiger partial charge in [0, 0.05) is 35.1 Å². The summed E-state index contributed by atoms with van der Waals surface area (Å²) in [5, 5.41) is 18.4. The van der Waals surface area contributed by atoms with E-state index in [0.29, 0.717) is 29.2 Å². The highest BCUT2D eigenvalue weighted by Gasteiger charge is 2.12. The molecule has 0 aliphatic heterocycles. The van der Waals surface area contributed by atoms with Gasteiger partial charge in [0.05, 0.1) is 5.69 Å². The number of pyridine rings is 1. The molecule has 0 unspecified atom stereocenters. The predicted molar refractivity (Wildman–Crippen MR) is 116 cm³/mol. The number of nitrogens with two attached hydrogens (primary N) is 2. The molecule has 0 amide bonds. The first-order valence-corrected chi connectivity index (χ1v) is 9.11. The van der Waals surface area contributed by atoms with Crippen LogP contribution >= 0.6 is 0 Å². The quantitative estimate of drug-likeness (QED) is 0.311. The second-order valence-corrected chi connectivity index (χ2v) is 6.71. The molecule has 0 saturated heterocycles. The Kier molecular flexibility index (Phi) is 5.78. The number of nitrogens with one attached hydrogen (secondary N) is 3. The van der Waals surface area contributed by atoms with Gasteiger partial charge in [-0.15, -0.1) is 0 Å². The highest BCUT2D eigenvalue weighted by atomic mass is 16.5. The summed E-state index contributed by atoms with van der Waals surface area (Å²) in [6.45, 7) is 4.46. The van der Waals surface area contributed by atoms with Crippen LogP contribution in [-0.4, -0.2) is 16.7 Å². The van der Waals surface area contributed by atoms with Crippen LogP contribution in [0.5, 0.6) is 11.5 Å². The van der Waals surface area contributed by atoms with Crippen molar-refractivity contribution in [3.63, 3.8) is 0 Å². The maximum atomic E-state index is 7.56. The van der Waals surface area contributed by atoms with Crippen LogP contribution < -0.4 is 21.5 Å². The standard InChI is InChI=1S/C22H24N6O/c1-13-17(12-28-18-5-3-4-16(10-18)22(25)26)11-27-14(2)20(13)29-19-8-6-15(7-9-19)21(23)24/h3-11,28H,12H2,1-2H3,(H3,23,24)(H3,25,26). The van der Waals surface area contributed by atoms with Crippen LogP contribution in [0, 0.1) is 24.7 Å². The van der Waals surface area contributed by atoms with Crippen LogP contribution in [0.2, 0.25) is 0 Å². The van der Waals surface area contributed by atoms with Crippen LogP contribution in [-0.2, 0) is 6.54 Å². The molecule has 1 heterocycles. The first-order valence-electron chi connectivity index (χ1n) is 9.11. The van der Waals surface area contributed by atoms with E-state index in [2.05, 4.69) is 10.3 Å². The van der Waals surface area contributed by atoms with E-state index in [0.717, 1.165) is 22.5 Å². The number of aryl methyl sites for hydroxylation is 1. The molecule has 3 aromatic rings. The van der Waals surface area contributed by atoms with E-state index in [1.54, 1.807) is 30.3 Å². The van der Waals surface area contributed by atoms with Crippen molar-refractivity contribution in [2.45, 2.75) is 20.4 Å². The summed E-state index contributed by atoms with van der Waals surface area (Å²) in [7, 11) is 0. The van der Waals surface area contributed by atoms with Crippen molar-refractivity contribution >= 4 is 17.4 Å². The summed E-state index contributed by atoms with van der Waals surface area (Å²) >= 11 is 0. The normalized spacial score (nSPS) is 10.4. The number of benzene rings is 2. The van der Waals surface area contributed by atoms with E-state index < -0.39 is 0 Å². The maximum Gasteiger partial charge on any atom is 0.151 e. The van der Waals surface area contributed by atoms with Gasteiger partial charge in [-0.05, 0) is 55.8 Å². The molecular weight excluding hydrogens is 364 g/mol. The third-order valence-corrected chi connectivity index (χ3v) is 4.61. The van der Waals surface area contributed by atoms with E-state index >= 15 is 0 Å². The molecule has 1 aromatic heterocycles. The molecule has 7 N–H and O–H groups in total. The third-order valence-electron chi connectivity index (χ3n) is 4.61. The number of ether oxygens (including phenoxy) is 1. The van der Waals surface area contributed by atoms with E-state index in [4.69, 9.17) is 27.0 Å². The SMILES string of the molecule is Cc1ncc(CNc2cccc(C(=N)N)c2)c(C)c1Oc1ccc(C(=N)N)cc1. The lowest BCUT2D eigenvalue weighted by atomic mass is 10.1. The fourth-order valence-corrected chi connectivity index (χ4v) is 2.89. The Morgan fingerprint density at radius 1 is 1.00 bits per heavy atom. The molecule has 29 heavy (non-hydrogen) atoms. The van der Waals surface area contributed by atoms with Gasteiger partial charge in [0.25, 0.3) is 0 Å². The lowest BCUT2D eigenvalue weighted by molar-refractivity contribution is 0.471. The number of hydrogen-bond acceptors (Lipinski definition) is 5. The smallest absolute Gasteiger partial charge is 0.151 e. The van der Waals surface area contributed by atoms with Gasteiger partial charge < -0.3 is 21.5 Å². The Balaban J connectivity index is 1.78. The summed E-state index contributed by atoms with van der Waals surface area (Å²) in [5.74, 6) is 1.42. The molecule has 0 spiro atoms. The number of anilines is 1. The lowest BCUT2D eigenvalue weighted by Gasteiger charge is -2.16. The van der Waals surface area contributed by atoms with Crippen LogP contribution in [0.4, 0.5) is 5.69 Å². The number of nitrogens with zero attached hydrogens (tertiary/aromatic N) is 1. The molecule has 0 radical (unpaired) electrons. The van der Waals surface area contributed by atoms with Crippen molar-refractivity contribution in [3.05, 3.63) is 82.7 Å². The number of hydrogen-bond donors (Lipinski definition) is 5. The third kappa shape index (κ3) is 4.70. The molecule has 2 aromatic carbocycles. The second-order valence-electron chi connectivity index (χ2n) is 6.71. The molecule has 7 heteroatoms. The molecule has 3 rings (SSSR count). The number of aromatic nitrogens is 1. The van der Waals surface area contributed by atoms with Gasteiger partial charge in [-0.25, -0.2) is 0 Å². The van der Waals surface area contributed by atoms with E-state index in [-0.39, 0.29) is 11.7 Å². The highest BCUT2D eigenvalue weighted by molar-refractivity contribution is 5.96. The Morgan fingerprint density at radius 2 is 1.69 bits per heavy atom. The largest absolute Gasteiger partial charge is 0.455 e. The minimum atomic E-state index is 0.0208. The Bertz CT molecular complexity index is 1060. The molecule has 0 aliphatic carbocycles. The van der Waals surface area contributed by atoms with Crippen molar-refractivity contribution in [3.8, 4) is 11.5 Å². The monoisotopic (exact) mass is 388 g/mol. The van der Waals surface area contributed by atoms with Crippen molar-refractivity contribution in [1.82, 2.24) is 4.98 Å². The topological polar surface area (TPSA) is 134 Å². The minimum Gasteiger partial charge on any atom is -0.455 e. The van der Waals surface area contributed by atoms with Crippen molar-refractivity contribution in [2.24, 2.45) is 11.5 Å². The van der Waals surface area contributed by atoms with Gasteiger partial charge >= 0.3 is 0 Å². The Morgan fingerprint density at radius 3 is 2.34 bits per heavy atom. The Hall–Kier alpha value is -3.87. The van der Waals surface area contributed by atoms with Crippen LogP contribution in [0.1, 0.15) is 27.9 Å². The summed E-state index contributed by atoms with van der Waals surface area (Å²) in [4.78, 5) is 4.47. The van der Waals surface area contributed by atoms with E-state index in [1.807, 2.05) is 38.2 Å². The first kappa shape index (κ1) is 19.9. The maximum absolute atomic E-state index is 7.56. The zero-order valence-corrected chi connectivity index (χ0v) is 16.4. The summed E-state index contributed by atoms with van der Waals surface area (Å²) < 4.78 is 6.07. The lowest BCUT2D eigenvalue weighted by Crippen LogP contribution is -2.11. The number of nitrogen functional groups attached to an aromatic ring is 2. The molecule has 0 atom stereocenters. The molecule has 7 nitrogen and oxygen atoms in total. The average molecular weight is 388 g/mol. The number of amidine groups is 2. The summed E-state index contributed by atoms with van der Waals surface area (Å²) in [6.07, 6.45) is 1.83. The molecule has 148 valence electrons. The molecule has 0 fully saturated rings. The zero-order valence-electron chi connectivity index (χ0n) is 16.4. The molecule has 0 saturated carbocycles. The van der Waals surface area contributed by atoms with Crippen molar-refractivity contribution in [2.75, 3.05) is 5.32 Å². The first-order chi connectivity index (χ1) is 13.8. The number of rotatable bonds is 7. The van der Waals surface area contributed by atoms with E-state index in [1.165, 1.54) is 0 Å². The van der Waals surface area contributed by atoms with Crippen molar-refractivity contribution < 1.29 is 4.74 Å². The molecule has 0 bridgehead atoms. The fraction of sp³-hybridized carbons (Fsp3) is 0.136. The highest BCUT2D eigenvalue weighted by Crippen LogP contribution is 2.30. The predicted octanol–water partition coefficient (Wildman–Crippen LogP) is 3.67. The van der Waals surface area contributed by atoms with Gasteiger partial charge in [-0.3, -0.25) is 15.8 Å². The second kappa shape index (κ2) is 8.43. The minimum absolute atomic E-state index is 0.0208. The van der Waals surface area contributed by atoms with Crippen LogP contribution in [0.15, 0.2) is 54.7 Å². The Labute approximate surface area is 169 Å². The van der Waals surface area contributed by atoms with Gasteiger partial charge in [0.2, 0.25) is 0 Å².